The van der Waals surface area contributed by atoms with Crippen LogP contribution in [0.1, 0.15) is 34.8 Å². The first-order valence-electron chi connectivity index (χ1n) is 9.90. The van der Waals surface area contributed by atoms with Gasteiger partial charge >= 0.3 is 0 Å². The van der Waals surface area contributed by atoms with Crippen molar-refractivity contribution in [2.24, 2.45) is 17.8 Å². The largest absolute Gasteiger partial charge is 0.322 e. The highest BCUT2D eigenvalue weighted by Gasteiger charge is 2.51. The molecular weight excluding hydrogens is 364 g/mol. The molecule has 2 aliphatic rings. The van der Waals surface area contributed by atoms with Crippen molar-refractivity contribution in [2.75, 3.05) is 10.2 Å². The van der Waals surface area contributed by atoms with Crippen LogP contribution in [0.4, 0.5) is 11.4 Å². The number of benzene rings is 2. The average Bonchev–Trinajstić information content (AvgIpc) is 2.96. The topological polar surface area (TPSA) is 66.5 Å². The summed E-state index contributed by atoms with van der Waals surface area (Å²) < 4.78 is 0. The lowest BCUT2D eigenvalue weighted by atomic mass is 9.78. The molecule has 0 unspecified atom stereocenters. The fourth-order valence-electron chi connectivity index (χ4n) is 4.26. The number of hydrogen-bond donors (Lipinski definition) is 1. The highest BCUT2D eigenvalue weighted by atomic mass is 16.2. The monoisotopic (exact) mass is 388 g/mol. The van der Waals surface area contributed by atoms with Gasteiger partial charge in [-0.1, -0.05) is 37.3 Å². The number of fused-ring (bicyclic) bond motifs is 1. The predicted octanol–water partition coefficient (Wildman–Crippen LogP) is 4.26. The zero-order valence-corrected chi connectivity index (χ0v) is 16.8. The SMILES string of the molecule is Cc1ccc(NC(=O)c2ccccc2N2C(=O)[C@@H]3[C@H](CC=C[C@@H]3C)C2=O)cc1C. The maximum absolute atomic E-state index is 13.1. The Morgan fingerprint density at radius 2 is 1.79 bits per heavy atom. The molecule has 3 atom stereocenters. The third-order valence-electron chi connectivity index (χ3n) is 6.03. The quantitative estimate of drug-likeness (QED) is 0.631. The first-order valence-corrected chi connectivity index (χ1v) is 9.90. The maximum Gasteiger partial charge on any atom is 0.257 e. The van der Waals surface area contributed by atoms with Gasteiger partial charge in [0.2, 0.25) is 11.8 Å². The molecule has 29 heavy (non-hydrogen) atoms. The fraction of sp³-hybridized carbons (Fsp3) is 0.292. The number of rotatable bonds is 3. The number of amides is 3. The Hall–Kier alpha value is -3.21. The van der Waals surface area contributed by atoms with Crippen molar-refractivity contribution in [3.05, 3.63) is 71.3 Å². The Labute approximate surface area is 170 Å². The second-order valence-corrected chi connectivity index (χ2v) is 7.94. The summed E-state index contributed by atoms with van der Waals surface area (Å²) in [6.45, 7) is 5.95. The van der Waals surface area contributed by atoms with Crippen LogP contribution >= 0.6 is 0 Å². The lowest BCUT2D eigenvalue weighted by molar-refractivity contribution is -0.122. The number of nitrogens with zero attached hydrogens (tertiary/aromatic N) is 1. The van der Waals surface area contributed by atoms with Gasteiger partial charge in [0.25, 0.3) is 5.91 Å². The van der Waals surface area contributed by atoms with Crippen molar-refractivity contribution >= 4 is 29.1 Å². The molecule has 0 aromatic heterocycles. The lowest BCUT2D eigenvalue weighted by Crippen LogP contribution is -2.33. The normalized spacial score (nSPS) is 23.3. The van der Waals surface area contributed by atoms with Gasteiger partial charge in [-0.2, -0.15) is 0 Å². The van der Waals surface area contributed by atoms with Crippen molar-refractivity contribution in [2.45, 2.75) is 27.2 Å². The lowest BCUT2D eigenvalue weighted by Gasteiger charge is -2.22. The van der Waals surface area contributed by atoms with E-state index in [1.807, 2.05) is 51.1 Å². The molecule has 0 bridgehead atoms. The molecule has 1 aliphatic carbocycles. The van der Waals surface area contributed by atoms with Gasteiger partial charge in [-0.05, 0) is 61.6 Å². The van der Waals surface area contributed by atoms with E-state index in [0.717, 1.165) is 11.1 Å². The van der Waals surface area contributed by atoms with Crippen molar-refractivity contribution in [1.29, 1.82) is 0 Å². The number of nitrogens with one attached hydrogen (secondary N) is 1. The highest BCUT2D eigenvalue weighted by molar-refractivity contribution is 6.25. The molecule has 2 aromatic rings. The Balaban J connectivity index is 1.66. The first-order chi connectivity index (χ1) is 13.9. The van der Waals surface area contributed by atoms with Crippen molar-refractivity contribution < 1.29 is 14.4 Å². The van der Waals surface area contributed by atoms with E-state index in [1.165, 1.54) is 4.90 Å². The van der Waals surface area contributed by atoms with Gasteiger partial charge in [-0.15, -0.1) is 0 Å². The summed E-state index contributed by atoms with van der Waals surface area (Å²) in [5, 5.41) is 2.89. The Kier molecular flexibility index (Phi) is 4.82. The van der Waals surface area contributed by atoms with Crippen molar-refractivity contribution in [3.8, 4) is 0 Å². The Morgan fingerprint density at radius 1 is 1.03 bits per heavy atom. The molecule has 4 rings (SSSR count). The average molecular weight is 388 g/mol. The fourth-order valence-corrected chi connectivity index (χ4v) is 4.26. The number of para-hydroxylation sites is 1. The van der Waals surface area contributed by atoms with E-state index in [4.69, 9.17) is 0 Å². The number of anilines is 2. The van der Waals surface area contributed by atoms with Crippen LogP contribution in [0.15, 0.2) is 54.6 Å². The van der Waals surface area contributed by atoms with E-state index in [9.17, 15) is 14.4 Å². The van der Waals surface area contributed by atoms with Crippen LogP contribution in [0.5, 0.6) is 0 Å². The molecule has 148 valence electrons. The maximum atomic E-state index is 13.1. The van der Waals surface area contributed by atoms with Gasteiger partial charge < -0.3 is 5.32 Å². The third kappa shape index (κ3) is 3.27. The van der Waals surface area contributed by atoms with Crippen LogP contribution in [0.2, 0.25) is 0 Å². The molecule has 2 aromatic carbocycles. The second-order valence-electron chi connectivity index (χ2n) is 7.94. The number of aryl methyl sites for hydroxylation is 2. The van der Waals surface area contributed by atoms with Crippen LogP contribution in [-0.4, -0.2) is 17.7 Å². The summed E-state index contributed by atoms with van der Waals surface area (Å²) in [7, 11) is 0. The molecule has 1 heterocycles. The number of hydrogen-bond acceptors (Lipinski definition) is 3. The molecule has 1 fully saturated rings. The standard InChI is InChI=1S/C24H24N2O3/c1-14-11-12-17(13-16(14)3)25-22(27)18-8-4-5-10-20(18)26-23(28)19-9-6-7-15(2)21(19)24(26)29/h4-8,10-13,15,19,21H,9H2,1-3H3,(H,25,27)/t15-,19-,21-/m0/s1. The van der Waals surface area contributed by atoms with E-state index < -0.39 is 0 Å². The minimum absolute atomic E-state index is 0.00622. The summed E-state index contributed by atoms with van der Waals surface area (Å²) in [6.07, 6.45) is 4.53. The van der Waals surface area contributed by atoms with Crippen LogP contribution < -0.4 is 10.2 Å². The summed E-state index contributed by atoms with van der Waals surface area (Å²) in [5.74, 6) is -1.48. The number of carbonyl (C=O) groups excluding carboxylic acids is 3. The molecule has 0 saturated carbocycles. The molecule has 1 saturated heterocycles. The van der Waals surface area contributed by atoms with Crippen LogP contribution in [0.25, 0.3) is 0 Å². The van der Waals surface area contributed by atoms with E-state index >= 15 is 0 Å². The molecular formula is C24H24N2O3. The van der Waals surface area contributed by atoms with Crippen LogP contribution in [0.3, 0.4) is 0 Å². The van der Waals surface area contributed by atoms with Gasteiger partial charge in [0, 0.05) is 5.69 Å². The Morgan fingerprint density at radius 3 is 2.52 bits per heavy atom. The van der Waals surface area contributed by atoms with Gasteiger partial charge in [0.15, 0.2) is 0 Å². The Bertz CT molecular complexity index is 1040. The van der Waals surface area contributed by atoms with Crippen LogP contribution in [0, 0.1) is 31.6 Å². The van der Waals surface area contributed by atoms with E-state index in [2.05, 4.69) is 5.32 Å². The minimum Gasteiger partial charge on any atom is -0.322 e. The summed E-state index contributed by atoms with van der Waals surface area (Å²) in [6, 6.07) is 12.5. The predicted molar refractivity (Wildman–Crippen MR) is 113 cm³/mol. The van der Waals surface area contributed by atoms with Crippen molar-refractivity contribution in [3.63, 3.8) is 0 Å². The number of allylic oxidation sites excluding steroid dienone is 2. The van der Waals surface area contributed by atoms with E-state index in [1.54, 1.807) is 24.3 Å². The zero-order valence-electron chi connectivity index (χ0n) is 16.8. The number of carbonyl (C=O) groups is 3. The van der Waals surface area contributed by atoms with Gasteiger partial charge in [-0.25, -0.2) is 4.90 Å². The number of imide groups is 1. The van der Waals surface area contributed by atoms with Gasteiger partial charge in [0.05, 0.1) is 23.1 Å². The highest BCUT2D eigenvalue weighted by Crippen LogP contribution is 2.41. The second kappa shape index (κ2) is 7.32. The van der Waals surface area contributed by atoms with E-state index in [0.29, 0.717) is 23.4 Å². The van der Waals surface area contributed by atoms with Crippen molar-refractivity contribution in [1.82, 2.24) is 0 Å². The van der Waals surface area contributed by atoms with Gasteiger partial charge in [-0.3, -0.25) is 14.4 Å². The molecule has 0 radical (unpaired) electrons. The smallest absolute Gasteiger partial charge is 0.257 e. The summed E-state index contributed by atoms with van der Waals surface area (Å²) >= 11 is 0. The first kappa shape index (κ1) is 19.1. The molecule has 0 spiro atoms. The molecule has 3 amide bonds. The third-order valence-corrected chi connectivity index (χ3v) is 6.03. The summed E-state index contributed by atoms with van der Waals surface area (Å²) in [5.41, 5.74) is 3.56. The minimum atomic E-state index is -0.358. The molecule has 5 nitrogen and oxygen atoms in total. The zero-order chi connectivity index (χ0) is 20.7. The van der Waals surface area contributed by atoms with E-state index in [-0.39, 0.29) is 35.5 Å². The molecule has 1 N–H and O–H groups in total. The molecule has 5 heteroatoms. The summed E-state index contributed by atoms with van der Waals surface area (Å²) in [4.78, 5) is 40.4. The van der Waals surface area contributed by atoms with Gasteiger partial charge in [0.1, 0.15) is 0 Å². The van der Waals surface area contributed by atoms with Crippen LogP contribution in [-0.2, 0) is 9.59 Å². The molecule has 1 aliphatic heterocycles.